The number of piperidine rings is 1. The molecular formula is C16H19N4OS+. The van der Waals surface area contributed by atoms with Crippen LogP contribution in [0.1, 0.15) is 30.3 Å². The van der Waals surface area contributed by atoms with Crippen LogP contribution in [0.3, 0.4) is 0 Å². The summed E-state index contributed by atoms with van der Waals surface area (Å²) in [6.07, 6.45) is 3.84. The van der Waals surface area contributed by atoms with E-state index in [0.29, 0.717) is 5.92 Å². The van der Waals surface area contributed by atoms with Crippen LogP contribution in [0.2, 0.25) is 0 Å². The molecular weight excluding hydrogens is 296 g/mol. The first-order valence-corrected chi connectivity index (χ1v) is 8.57. The van der Waals surface area contributed by atoms with E-state index in [4.69, 9.17) is 0 Å². The first-order valence-electron chi connectivity index (χ1n) is 7.62. The van der Waals surface area contributed by atoms with Gasteiger partial charge in [-0.2, -0.15) is 0 Å². The molecule has 0 aromatic carbocycles. The molecule has 3 aromatic rings. The molecule has 1 aliphatic rings. The van der Waals surface area contributed by atoms with E-state index in [1.165, 1.54) is 4.73 Å². The third kappa shape index (κ3) is 2.60. The van der Waals surface area contributed by atoms with Gasteiger partial charge in [-0.15, -0.1) is 11.3 Å². The first-order chi connectivity index (χ1) is 10.8. The third-order valence-electron chi connectivity index (χ3n) is 4.43. The zero-order valence-electron chi connectivity index (χ0n) is 12.3. The molecule has 0 unspecified atom stereocenters. The Morgan fingerprint density at radius 2 is 2.18 bits per heavy atom. The Balaban J connectivity index is 1.39. The number of hydrogen-bond acceptors (Lipinski definition) is 4. The molecule has 4 heterocycles. The van der Waals surface area contributed by atoms with Gasteiger partial charge in [0.05, 0.1) is 23.5 Å². The number of nitrogens with one attached hydrogen (secondary N) is 1. The SMILES string of the molecule is O[n+]1ccccc1C1CCN(Cc2nc3cscc3[nH]2)CC1. The van der Waals surface area contributed by atoms with Gasteiger partial charge in [0, 0.05) is 27.6 Å². The van der Waals surface area contributed by atoms with Crippen molar-refractivity contribution in [1.29, 1.82) is 0 Å². The lowest BCUT2D eigenvalue weighted by atomic mass is 9.93. The Labute approximate surface area is 132 Å². The van der Waals surface area contributed by atoms with Gasteiger partial charge in [-0.1, -0.05) is 0 Å². The minimum absolute atomic E-state index is 0.433. The van der Waals surface area contributed by atoms with E-state index in [0.717, 1.165) is 55.0 Å². The van der Waals surface area contributed by atoms with E-state index in [9.17, 15) is 5.21 Å². The van der Waals surface area contributed by atoms with E-state index in [2.05, 4.69) is 25.6 Å². The fourth-order valence-electron chi connectivity index (χ4n) is 3.24. The van der Waals surface area contributed by atoms with Crippen molar-refractivity contribution < 1.29 is 9.94 Å². The largest absolute Gasteiger partial charge is 0.340 e. The van der Waals surface area contributed by atoms with Crippen LogP contribution in [0, 0.1) is 0 Å². The number of hydrogen-bond donors (Lipinski definition) is 2. The molecule has 3 aromatic heterocycles. The molecule has 6 heteroatoms. The summed E-state index contributed by atoms with van der Waals surface area (Å²) in [5.41, 5.74) is 3.22. The van der Waals surface area contributed by atoms with Gasteiger partial charge in [0.15, 0.2) is 0 Å². The minimum Gasteiger partial charge on any atom is -0.340 e. The Morgan fingerprint density at radius 1 is 1.32 bits per heavy atom. The lowest BCUT2D eigenvalue weighted by Gasteiger charge is -2.29. The molecule has 1 fully saturated rings. The molecule has 0 saturated carbocycles. The smallest absolute Gasteiger partial charge is 0.237 e. The summed E-state index contributed by atoms with van der Waals surface area (Å²) in [6.45, 7) is 2.94. The Hall–Kier alpha value is -1.92. The number of aromatic nitrogens is 3. The second-order valence-electron chi connectivity index (χ2n) is 5.87. The average molecular weight is 315 g/mol. The van der Waals surface area contributed by atoms with E-state index >= 15 is 0 Å². The molecule has 4 rings (SSSR count). The molecule has 2 N–H and O–H groups in total. The predicted octanol–water partition coefficient (Wildman–Crippen LogP) is 2.53. The van der Waals surface area contributed by atoms with Crippen LogP contribution < -0.4 is 4.73 Å². The molecule has 5 nitrogen and oxygen atoms in total. The Kier molecular flexibility index (Phi) is 3.56. The standard InChI is InChI=1S/C16H19N4OS/c21-20-6-2-1-3-15(20)12-4-7-19(8-5-12)9-16-17-13-10-22-11-14(13)18-16/h1-3,6,10-12,21H,4-5,7-9H2,(H,17,18)/q+1. The average Bonchev–Trinajstić information content (AvgIpc) is 3.10. The molecule has 0 bridgehead atoms. The normalized spacial score (nSPS) is 17.3. The number of thiophene rings is 1. The number of aromatic amines is 1. The highest BCUT2D eigenvalue weighted by Gasteiger charge is 2.27. The number of fused-ring (bicyclic) bond motifs is 1. The highest BCUT2D eigenvalue weighted by atomic mass is 32.1. The topological polar surface area (TPSA) is 56.0 Å². The van der Waals surface area contributed by atoms with Crippen molar-refractivity contribution in [2.45, 2.75) is 25.3 Å². The van der Waals surface area contributed by atoms with Crippen molar-refractivity contribution >= 4 is 22.4 Å². The molecule has 0 radical (unpaired) electrons. The molecule has 114 valence electrons. The lowest BCUT2D eigenvalue weighted by molar-refractivity contribution is -0.910. The van der Waals surface area contributed by atoms with Crippen molar-refractivity contribution in [3.63, 3.8) is 0 Å². The Bertz CT molecular complexity index is 745. The van der Waals surface area contributed by atoms with Crippen LogP contribution in [-0.2, 0) is 6.54 Å². The molecule has 0 atom stereocenters. The van der Waals surface area contributed by atoms with Crippen molar-refractivity contribution in [3.8, 4) is 0 Å². The number of H-pyrrole nitrogens is 1. The molecule has 1 aliphatic heterocycles. The summed E-state index contributed by atoms with van der Waals surface area (Å²) in [6, 6.07) is 5.85. The van der Waals surface area contributed by atoms with Gasteiger partial charge in [0.2, 0.25) is 11.9 Å². The van der Waals surface area contributed by atoms with E-state index in [1.54, 1.807) is 17.5 Å². The molecule has 1 saturated heterocycles. The predicted molar refractivity (Wildman–Crippen MR) is 85.0 cm³/mol. The molecule has 22 heavy (non-hydrogen) atoms. The van der Waals surface area contributed by atoms with Crippen LogP contribution in [0.5, 0.6) is 0 Å². The monoisotopic (exact) mass is 315 g/mol. The van der Waals surface area contributed by atoms with Gasteiger partial charge < -0.3 is 4.98 Å². The molecule has 0 amide bonds. The highest BCUT2D eigenvalue weighted by molar-refractivity contribution is 7.09. The van der Waals surface area contributed by atoms with Crippen molar-refractivity contribution in [2.24, 2.45) is 0 Å². The summed E-state index contributed by atoms with van der Waals surface area (Å²) in [5, 5.41) is 14.1. The number of imidazole rings is 1. The van der Waals surface area contributed by atoms with Crippen LogP contribution in [0.25, 0.3) is 11.0 Å². The summed E-state index contributed by atoms with van der Waals surface area (Å²) in [5.74, 6) is 1.48. The van der Waals surface area contributed by atoms with Gasteiger partial charge in [0.1, 0.15) is 5.82 Å². The van der Waals surface area contributed by atoms with Crippen LogP contribution in [0.15, 0.2) is 35.2 Å². The quantitative estimate of drug-likeness (QED) is 0.577. The molecule has 0 spiro atoms. The Morgan fingerprint density at radius 3 is 2.95 bits per heavy atom. The number of likely N-dealkylation sites (tertiary alicyclic amines) is 1. The fraction of sp³-hybridized carbons (Fsp3) is 0.375. The maximum atomic E-state index is 9.91. The second kappa shape index (κ2) is 5.70. The van der Waals surface area contributed by atoms with E-state index in [1.807, 2.05) is 18.2 Å². The van der Waals surface area contributed by atoms with Crippen LogP contribution in [0.4, 0.5) is 0 Å². The van der Waals surface area contributed by atoms with Gasteiger partial charge in [0.25, 0.3) is 0 Å². The summed E-state index contributed by atoms with van der Waals surface area (Å²) >= 11 is 1.68. The lowest BCUT2D eigenvalue weighted by Crippen LogP contribution is -2.40. The number of pyridine rings is 1. The first kappa shape index (κ1) is 13.7. The van der Waals surface area contributed by atoms with Crippen molar-refractivity contribution in [3.05, 3.63) is 46.7 Å². The fourth-order valence-corrected chi connectivity index (χ4v) is 3.94. The number of nitrogens with zero attached hydrogens (tertiary/aromatic N) is 3. The van der Waals surface area contributed by atoms with Crippen molar-refractivity contribution in [1.82, 2.24) is 14.9 Å². The van der Waals surface area contributed by atoms with Gasteiger partial charge in [-0.05, 0) is 32.0 Å². The summed E-state index contributed by atoms with van der Waals surface area (Å²) in [4.78, 5) is 10.4. The van der Waals surface area contributed by atoms with Crippen LogP contribution >= 0.6 is 11.3 Å². The van der Waals surface area contributed by atoms with E-state index in [-0.39, 0.29) is 0 Å². The maximum Gasteiger partial charge on any atom is 0.237 e. The van der Waals surface area contributed by atoms with Crippen molar-refractivity contribution in [2.75, 3.05) is 13.1 Å². The zero-order valence-corrected chi connectivity index (χ0v) is 13.1. The van der Waals surface area contributed by atoms with Crippen LogP contribution in [-0.4, -0.2) is 33.2 Å². The number of rotatable bonds is 3. The molecule has 0 aliphatic carbocycles. The minimum atomic E-state index is 0.433. The second-order valence-corrected chi connectivity index (χ2v) is 6.62. The highest BCUT2D eigenvalue weighted by Crippen LogP contribution is 2.26. The summed E-state index contributed by atoms with van der Waals surface area (Å²) < 4.78 is 1.26. The maximum absolute atomic E-state index is 9.91. The van der Waals surface area contributed by atoms with Gasteiger partial charge in [-0.3, -0.25) is 10.1 Å². The van der Waals surface area contributed by atoms with Gasteiger partial charge in [-0.25, -0.2) is 4.98 Å². The zero-order chi connectivity index (χ0) is 14.9. The van der Waals surface area contributed by atoms with E-state index < -0.39 is 0 Å². The van der Waals surface area contributed by atoms with Gasteiger partial charge >= 0.3 is 0 Å². The third-order valence-corrected chi connectivity index (χ3v) is 5.16. The summed E-state index contributed by atoms with van der Waals surface area (Å²) in [7, 11) is 0.